The first-order valence-corrected chi connectivity index (χ1v) is 8.67. The van der Waals surface area contributed by atoms with Crippen molar-refractivity contribution in [3.05, 3.63) is 23.7 Å². The first-order valence-electron chi connectivity index (χ1n) is 8.67. The predicted octanol–water partition coefficient (Wildman–Crippen LogP) is 0.840. The Hall–Kier alpha value is -2.06. The number of urea groups is 1. The van der Waals surface area contributed by atoms with Crippen LogP contribution in [-0.4, -0.2) is 53.8 Å². The first kappa shape index (κ1) is 17.8. The van der Waals surface area contributed by atoms with Gasteiger partial charge in [0.1, 0.15) is 5.76 Å². The number of primary amides is 1. The first-order chi connectivity index (χ1) is 12.0. The summed E-state index contributed by atoms with van der Waals surface area (Å²) in [5, 5.41) is 13.0. The van der Waals surface area contributed by atoms with Crippen LogP contribution in [0, 0.1) is 5.41 Å². The van der Waals surface area contributed by atoms with Gasteiger partial charge in [0.25, 0.3) is 5.91 Å². The molecule has 138 valence electrons. The minimum Gasteiger partial charge on any atom is -0.454 e. The van der Waals surface area contributed by atoms with Crippen molar-refractivity contribution < 1.29 is 23.8 Å². The maximum Gasteiger partial charge on any atom is 0.317 e. The molecule has 1 aromatic heterocycles. The van der Waals surface area contributed by atoms with Crippen molar-refractivity contribution in [3.63, 3.8) is 0 Å². The second kappa shape index (κ2) is 7.05. The van der Waals surface area contributed by atoms with Gasteiger partial charge in [0.15, 0.2) is 5.76 Å². The van der Waals surface area contributed by atoms with E-state index in [-0.39, 0.29) is 36.0 Å². The molecule has 0 aromatic carbocycles. The molecule has 1 aliphatic heterocycles. The van der Waals surface area contributed by atoms with Crippen LogP contribution in [0.2, 0.25) is 0 Å². The summed E-state index contributed by atoms with van der Waals surface area (Å²) in [6.07, 6.45) is 1.90. The molecule has 4 N–H and O–H groups in total. The molecule has 1 aliphatic carbocycles. The van der Waals surface area contributed by atoms with Crippen LogP contribution in [0.5, 0.6) is 0 Å². The van der Waals surface area contributed by atoms with Gasteiger partial charge in [-0.3, -0.25) is 4.79 Å². The van der Waals surface area contributed by atoms with Crippen molar-refractivity contribution in [2.75, 3.05) is 19.7 Å². The largest absolute Gasteiger partial charge is 0.454 e. The van der Waals surface area contributed by atoms with Crippen molar-refractivity contribution in [1.82, 2.24) is 10.2 Å². The minimum absolute atomic E-state index is 0.0742. The average molecular weight is 351 g/mol. The molecule has 0 bridgehead atoms. The standard InChI is InChI=1S/C17H25N3O5/c1-2-24-14-9-13(21)17(14)5-7-20(8-6-17)16(23)19-10-11-3-4-12(25-11)15(18)22/h3-4,13-14,21H,2,5-10H2,1H3,(H2,18,22)(H,19,23). The lowest BCUT2D eigenvalue weighted by molar-refractivity contribution is -0.207. The number of hydrogen-bond acceptors (Lipinski definition) is 5. The van der Waals surface area contributed by atoms with E-state index in [4.69, 9.17) is 14.9 Å². The molecule has 1 saturated heterocycles. The van der Waals surface area contributed by atoms with Crippen LogP contribution < -0.4 is 11.1 Å². The van der Waals surface area contributed by atoms with Gasteiger partial charge in [0, 0.05) is 31.5 Å². The summed E-state index contributed by atoms with van der Waals surface area (Å²) in [6, 6.07) is 2.91. The molecule has 2 atom stereocenters. The third-order valence-corrected chi connectivity index (χ3v) is 5.41. The molecule has 25 heavy (non-hydrogen) atoms. The van der Waals surface area contributed by atoms with Gasteiger partial charge >= 0.3 is 6.03 Å². The van der Waals surface area contributed by atoms with Gasteiger partial charge in [0.05, 0.1) is 18.8 Å². The number of furan rings is 1. The van der Waals surface area contributed by atoms with E-state index < -0.39 is 5.91 Å². The van der Waals surface area contributed by atoms with Crippen molar-refractivity contribution >= 4 is 11.9 Å². The molecule has 2 fully saturated rings. The summed E-state index contributed by atoms with van der Waals surface area (Å²) in [4.78, 5) is 25.0. The SMILES string of the molecule is CCOC1CC(O)C12CCN(C(=O)NCc1ccc(C(N)=O)o1)CC2. The Balaban J connectivity index is 1.49. The molecule has 3 rings (SSSR count). The highest BCUT2D eigenvalue weighted by molar-refractivity contribution is 5.89. The predicted molar refractivity (Wildman–Crippen MR) is 88.7 cm³/mol. The number of nitrogens with one attached hydrogen (secondary N) is 1. The lowest BCUT2D eigenvalue weighted by Crippen LogP contribution is -2.63. The highest BCUT2D eigenvalue weighted by Crippen LogP contribution is 2.50. The Morgan fingerprint density at radius 2 is 2.16 bits per heavy atom. The van der Waals surface area contributed by atoms with E-state index >= 15 is 0 Å². The fourth-order valence-electron chi connectivity index (χ4n) is 3.82. The molecule has 3 amide bonds. The number of hydrogen-bond donors (Lipinski definition) is 3. The van der Waals surface area contributed by atoms with Crippen LogP contribution in [-0.2, 0) is 11.3 Å². The molecular formula is C17H25N3O5. The number of ether oxygens (including phenoxy) is 1. The van der Waals surface area contributed by atoms with Crippen molar-refractivity contribution in [2.24, 2.45) is 11.1 Å². The summed E-state index contributed by atoms with van der Waals surface area (Å²) < 4.78 is 11.0. The molecule has 1 spiro atoms. The van der Waals surface area contributed by atoms with Crippen LogP contribution in [0.4, 0.5) is 4.79 Å². The van der Waals surface area contributed by atoms with E-state index in [9.17, 15) is 14.7 Å². The Kier molecular flexibility index (Phi) is 5.01. The van der Waals surface area contributed by atoms with Gasteiger partial charge in [-0.05, 0) is 31.9 Å². The molecule has 2 aliphatic rings. The molecule has 1 aromatic rings. The van der Waals surface area contributed by atoms with Gasteiger partial charge < -0.3 is 30.2 Å². The van der Waals surface area contributed by atoms with E-state index in [0.717, 1.165) is 12.8 Å². The van der Waals surface area contributed by atoms with Crippen molar-refractivity contribution in [2.45, 2.75) is 44.9 Å². The number of aliphatic hydroxyl groups excluding tert-OH is 1. The lowest BCUT2D eigenvalue weighted by atomic mass is 9.58. The van der Waals surface area contributed by atoms with Gasteiger partial charge in [-0.15, -0.1) is 0 Å². The average Bonchev–Trinajstić information content (AvgIpc) is 3.09. The number of carbonyl (C=O) groups excluding carboxylic acids is 2. The van der Waals surface area contributed by atoms with E-state index in [0.29, 0.717) is 31.9 Å². The zero-order valence-corrected chi connectivity index (χ0v) is 14.4. The molecule has 8 nitrogen and oxygen atoms in total. The Morgan fingerprint density at radius 1 is 1.44 bits per heavy atom. The lowest BCUT2D eigenvalue weighted by Gasteiger charge is -2.56. The number of piperidine rings is 1. The summed E-state index contributed by atoms with van der Waals surface area (Å²) in [5.74, 6) is -0.0895. The Labute approximate surface area is 146 Å². The van der Waals surface area contributed by atoms with Crippen LogP contribution in [0.15, 0.2) is 16.5 Å². The normalized spacial score (nSPS) is 24.8. The maximum atomic E-state index is 12.3. The summed E-state index contributed by atoms with van der Waals surface area (Å²) in [7, 11) is 0. The summed E-state index contributed by atoms with van der Waals surface area (Å²) in [6.45, 7) is 3.95. The molecule has 2 unspecified atom stereocenters. The number of aliphatic hydroxyl groups is 1. The summed E-state index contributed by atoms with van der Waals surface area (Å²) >= 11 is 0. The van der Waals surface area contributed by atoms with Gasteiger partial charge in [-0.1, -0.05) is 0 Å². The Morgan fingerprint density at radius 3 is 2.72 bits per heavy atom. The zero-order valence-electron chi connectivity index (χ0n) is 14.4. The van der Waals surface area contributed by atoms with E-state index in [2.05, 4.69) is 5.32 Å². The van der Waals surface area contributed by atoms with Gasteiger partial charge in [0.2, 0.25) is 0 Å². The number of amides is 3. The molecule has 1 saturated carbocycles. The second-order valence-electron chi connectivity index (χ2n) is 6.70. The fraction of sp³-hybridized carbons (Fsp3) is 0.647. The third-order valence-electron chi connectivity index (χ3n) is 5.41. The van der Waals surface area contributed by atoms with Crippen LogP contribution in [0.3, 0.4) is 0 Å². The highest BCUT2D eigenvalue weighted by Gasteiger charge is 2.56. The van der Waals surface area contributed by atoms with E-state index in [1.165, 1.54) is 6.07 Å². The number of nitrogens with zero attached hydrogens (tertiary/aromatic N) is 1. The van der Waals surface area contributed by atoms with Crippen molar-refractivity contribution in [1.29, 1.82) is 0 Å². The van der Waals surface area contributed by atoms with Gasteiger partial charge in [-0.2, -0.15) is 0 Å². The zero-order chi connectivity index (χ0) is 18.0. The number of nitrogens with two attached hydrogens (primary N) is 1. The number of rotatable bonds is 5. The quantitative estimate of drug-likeness (QED) is 0.726. The van der Waals surface area contributed by atoms with E-state index in [1.54, 1.807) is 11.0 Å². The highest BCUT2D eigenvalue weighted by atomic mass is 16.5. The smallest absolute Gasteiger partial charge is 0.317 e. The second-order valence-corrected chi connectivity index (χ2v) is 6.70. The fourth-order valence-corrected chi connectivity index (χ4v) is 3.82. The third kappa shape index (κ3) is 3.36. The Bertz CT molecular complexity index is 634. The number of carbonyl (C=O) groups is 2. The van der Waals surface area contributed by atoms with Crippen molar-refractivity contribution in [3.8, 4) is 0 Å². The molecule has 8 heteroatoms. The van der Waals surface area contributed by atoms with E-state index in [1.807, 2.05) is 6.92 Å². The minimum atomic E-state index is -0.637. The van der Waals surface area contributed by atoms with Crippen LogP contribution in [0.25, 0.3) is 0 Å². The molecule has 0 radical (unpaired) electrons. The topological polar surface area (TPSA) is 118 Å². The monoisotopic (exact) mass is 351 g/mol. The van der Waals surface area contributed by atoms with Crippen LogP contribution in [0.1, 0.15) is 42.5 Å². The number of likely N-dealkylation sites (tertiary alicyclic amines) is 1. The molecular weight excluding hydrogens is 326 g/mol. The maximum absolute atomic E-state index is 12.3. The van der Waals surface area contributed by atoms with Gasteiger partial charge in [-0.25, -0.2) is 4.79 Å². The summed E-state index contributed by atoms with van der Waals surface area (Å²) in [5.41, 5.74) is 4.92. The van der Waals surface area contributed by atoms with Crippen LogP contribution >= 0.6 is 0 Å². The molecule has 2 heterocycles.